The summed E-state index contributed by atoms with van der Waals surface area (Å²) in [5, 5.41) is 1.25. The number of aromatic nitrogens is 1. The summed E-state index contributed by atoms with van der Waals surface area (Å²) in [6, 6.07) is 16.8. The molecule has 0 saturated heterocycles. The summed E-state index contributed by atoms with van der Waals surface area (Å²) < 4.78 is 2.19. The van der Waals surface area contributed by atoms with Gasteiger partial charge in [-0.3, -0.25) is 0 Å². The highest BCUT2D eigenvalue weighted by Gasteiger charge is 2.15. The lowest BCUT2D eigenvalue weighted by Crippen LogP contribution is -1.91. The number of aryl methyl sites for hydroxylation is 1. The van der Waals surface area contributed by atoms with E-state index in [9.17, 15) is 0 Å². The lowest BCUT2D eigenvalue weighted by atomic mass is 9.97. The van der Waals surface area contributed by atoms with Crippen LogP contribution < -0.4 is 0 Å². The quantitative estimate of drug-likeness (QED) is 0.614. The molecule has 0 amide bonds. The van der Waals surface area contributed by atoms with Gasteiger partial charge in [-0.15, -0.1) is 0 Å². The minimum Gasteiger partial charge on any atom is -0.344 e. The molecule has 0 saturated carbocycles. The maximum Gasteiger partial charge on any atom is 0.0489 e. The molecule has 0 radical (unpaired) electrons. The molecule has 3 aromatic rings. The summed E-state index contributed by atoms with van der Waals surface area (Å²) in [5.74, 6) is 0. The number of nitrogens with zero attached hydrogens (tertiary/aromatic N) is 1. The van der Waals surface area contributed by atoms with Gasteiger partial charge in [0.15, 0.2) is 0 Å². The molecule has 0 spiro atoms. The minimum absolute atomic E-state index is 1.14. The van der Waals surface area contributed by atoms with Gasteiger partial charge in [0.1, 0.15) is 0 Å². The lowest BCUT2D eigenvalue weighted by molar-refractivity contribution is 0.956. The molecule has 0 N–H and O–H groups in total. The number of rotatable bonds is 3. The molecule has 1 heteroatoms. The summed E-state index contributed by atoms with van der Waals surface area (Å²) >= 11 is 0. The van der Waals surface area contributed by atoms with Gasteiger partial charge in [0, 0.05) is 29.2 Å². The van der Waals surface area contributed by atoms with Gasteiger partial charge < -0.3 is 4.57 Å². The van der Waals surface area contributed by atoms with Crippen molar-refractivity contribution in [2.24, 2.45) is 7.05 Å². The Morgan fingerprint density at radius 3 is 2.35 bits per heavy atom. The van der Waals surface area contributed by atoms with Crippen molar-refractivity contribution < 1.29 is 0 Å². The third-order valence-electron chi connectivity index (χ3n) is 3.80. The van der Waals surface area contributed by atoms with Crippen LogP contribution in [0.15, 0.2) is 61.7 Å². The van der Waals surface area contributed by atoms with E-state index in [1.54, 1.807) is 0 Å². The van der Waals surface area contributed by atoms with Crippen LogP contribution in [0, 0.1) is 0 Å². The third kappa shape index (κ3) is 1.71. The van der Waals surface area contributed by atoms with Gasteiger partial charge in [-0.1, -0.05) is 61.7 Å². The van der Waals surface area contributed by atoms with Crippen molar-refractivity contribution in [3.05, 3.63) is 72.9 Å². The number of para-hydroxylation sites is 1. The van der Waals surface area contributed by atoms with Crippen molar-refractivity contribution >= 4 is 23.1 Å². The summed E-state index contributed by atoms with van der Waals surface area (Å²) in [4.78, 5) is 0. The maximum atomic E-state index is 3.98. The average Bonchev–Trinajstić information content (AvgIpc) is 2.80. The zero-order valence-electron chi connectivity index (χ0n) is 11.6. The van der Waals surface area contributed by atoms with E-state index < -0.39 is 0 Å². The van der Waals surface area contributed by atoms with Crippen LogP contribution in [0.5, 0.6) is 0 Å². The first-order chi connectivity index (χ1) is 9.77. The molecule has 0 unspecified atom stereocenters. The van der Waals surface area contributed by atoms with Crippen LogP contribution in [0.3, 0.4) is 0 Å². The fourth-order valence-electron chi connectivity index (χ4n) is 2.84. The van der Waals surface area contributed by atoms with Crippen molar-refractivity contribution in [3.63, 3.8) is 0 Å². The molecule has 98 valence electrons. The number of benzene rings is 2. The van der Waals surface area contributed by atoms with Crippen molar-refractivity contribution in [1.82, 2.24) is 4.57 Å². The molecule has 1 aromatic heterocycles. The average molecular weight is 259 g/mol. The summed E-state index contributed by atoms with van der Waals surface area (Å²) in [6.07, 6.45) is 3.83. The van der Waals surface area contributed by atoms with Crippen LogP contribution in [-0.2, 0) is 7.05 Å². The molecule has 0 bridgehead atoms. The fraction of sp³-hybridized carbons (Fsp3) is 0.0526. The van der Waals surface area contributed by atoms with Gasteiger partial charge in [-0.25, -0.2) is 0 Å². The second kappa shape index (κ2) is 4.86. The summed E-state index contributed by atoms with van der Waals surface area (Å²) in [7, 11) is 2.08. The third-order valence-corrected chi connectivity index (χ3v) is 3.80. The van der Waals surface area contributed by atoms with E-state index in [0.29, 0.717) is 0 Å². The van der Waals surface area contributed by atoms with Crippen LogP contribution in [0.2, 0.25) is 0 Å². The lowest BCUT2D eigenvalue weighted by Gasteiger charge is -2.07. The van der Waals surface area contributed by atoms with Crippen LogP contribution >= 0.6 is 0 Å². The number of fused-ring (bicyclic) bond motifs is 1. The first-order valence-electron chi connectivity index (χ1n) is 6.69. The Balaban J connectivity index is 2.47. The van der Waals surface area contributed by atoms with Gasteiger partial charge in [0.25, 0.3) is 0 Å². The number of hydrogen-bond acceptors (Lipinski definition) is 0. The van der Waals surface area contributed by atoms with Crippen LogP contribution in [-0.4, -0.2) is 4.57 Å². The molecule has 0 atom stereocenters. The fourth-order valence-corrected chi connectivity index (χ4v) is 2.84. The second-order valence-corrected chi connectivity index (χ2v) is 4.83. The van der Waals surface area contributed by atoms with Crippen molar-refractivity contribution in [1.29, 1.82) is 0 Å². The van der Waals surface area contributed by atoms with E-state index in [-0.39, 0.29) is 0 Å². The SMILES string of the molecule is C=Cc1ccccc1-c1c(C=C)n(C)c2ccccc12. The second-order valence-electron chi connectivity index (χ2n) is 4.83. The molecular formula is C19H17N. The molecule has 0 aliphatic carbocycles. The molecule has 0 aliphatic heterocycles. The van der Waals surface area contributed by atoms with Crippen LogP contribution in [0.25, 0.3) is 34.2 Å². The van der Waals surface area contributed by atoms with E-state index in [2.05, 4.69) is 67.2 Å². The van der Waals surface area contributed by atoms with Crippen molar-refractivity contribution in [3.8, 4) is 11.1 Å². The summed E-state index contributed by atoms with van der Waals surface area (Å²) in [5.41, 5.74) is 5.94. The predicted octanol–water partition coefficient (Wildman–Crippen LogP) is 5.13. The highest BCUT2D eigenvalue weighted by atomic mass is 14.9. The van der Waals surface area contributed by atoms with Crippen molar-refractivity contribution in [2.75, 3.05) is 0 Å². The Morgan fingerprint density at radius 2 is 1.60 bits per heavy atom. The Labute approximate surface area is 119 Å². The number of hydrogen-bond donors (Lipinski definition) is 0. The van der Waals surface area contributed by atoms with Crippen LogP contribution in [0.1, 0.15) is 11.3 Å². The molecule has 2 aromatic carbocycles. The zero-order chi connectivity index (χ0) is 14.1. The molecular weight excluding hydrogens is 242 g/mol. The standard InChI is InChI=1S/C19H17N/c1-4-14-10-6-7-11-15(14)19-16-12-8-9-13-18(16)20(3)17(19)5-2/h4-13H,1-2H2,3H3. The van der Waals surface area contributed by atoms with E-state index in [1.165, 1.54) is 22.0 Å². The first kappa shape index (κ1) is 12.5. The van der Waals surface area contributed by atoms with E-state index in [0.717, 1.165) is 11.3 Å². The van der Waals surface area contributed by atoms with Gasteiger partial charge >= 0.3 is 0 Å². The molecule has 1 heterocycles. The van der Waals surface area contributed by atoms with Gasteiger partial charge in [-0.05, 0) is 23.3 Å². The van der Waals surface area contributed by atoms with Crippen LogP contribution in [0.4, 0.5) is 0 Å². The molecule has 20 heavy (non-hydrogen) atoms. The highest BCUT2D eigenvalue weighted by Crippen LogP contribution is 2.36. The molecule has 0 aliphatic rings. The normalized spacial score (nSPS) is 10.7. The molecule has 3 rings (SSSR count). The Morgan fingerprint density at radius 1 is 0.900 bits per heavy atom. The largest absolute Gasteiger partial charge is 0.344 e. The molecule has 1 nitrogen and oxygen atoms in total. The van der Waals surface area contributed by atoms with Gasteiger partial charge in [0.05, 0.1) is 0 Å². The molecule has 0 fully saturated rings. The first-order valence-corrected chi connectivity index (χ1v) is 6.69. The van der Waals surface area contributed by atoms with E-state index >= 15 is 0 Å². The topological polar surface area (TPSA) is 4.93 Å². The Kier molecular flexibility index (Phi) is 3.03. The maximum absolute atomic E-state index is 3.98. The summed E-state index contributed by atoms with van der Waals surface area (Å²) in [6.45, 7) is 7.91. The Bertz CT molecular complexity index is 806. The smallest absolute Gasteiger partial charge is 0.0489 e. The monoisotopic (exact) mass is 259 g/mol. The zero-order valence-corrected chi connectivity index (χ0v) is 11.6. The predicted molar refractivity (Wildman–Crippen MR) is 88.5 cm³/mol. The van der Waals surface area contributed by atoms with Gasteiger partial charge in [0.2, 0.25) is 0 Å². The Hall–Kier alpha value is -2.54. The minimum atomic E-state index is 1.14. The highest BCUT2D eigenvalue weighted by molar-refractivity contribution is 6.02. The van der Waals surface area contributed by atoms with Crippen molar-refractivity contribution in [2.45, 2.75) is 0 Å². The van der Waals surface area contributed by atoms with E-state index in [1.807, 2.05) is 18.2 Å². The van der Waals surface area contributed by atoms with Gasteiger partial charge in [-0.2, -0.15) is 0 Å². The van der Waals surface area contributed by atoms with E-state index in [4.69, 9.17) is 0 Å².